The third-order valence-corrected chi connectivity index (χ3v) is 5.27. The molecule has 1 aliphatic carbocycles. The Morgan fingerprint density at radius 3 is 2.83 bits per heavy atom. The molecule has 2 atom stereocenters. The lowest BCUT2D eigenvalue weighted by Gasteiger charge is -2.17. The summed E-state index contributed by atoms with van der Waals surface area (Å²) >= 11 is 1.61. The van der Waals surface area contributed by atoms with Gasteiger partial charge in [0.1, 0.15) is 16.5 Å². The molecule has 0 aromatic carbocycles. The largest absolute Gasteiger partial charge is 0.464 e. The molecule has 2 heterocycles. The monoisotopic (exact) mass is 344 g/mol. The number of hydrogen-bond acceptors (Lipinski definition) is 4. The van der Waals surface area contributed by atoms with E-state index >= 15 is 0 Å². The maximum absolute atomic E-state index is 12.8. The van der Waals surface area contributed by atoms with E-state index in [-0.39, 0.29) is 5.91 Å². The Hall–Kier alpha value is -1.75. The summed E-state index contributed by atoms with van der Waals surface area (Å²) < 4.78 is 5.91. The normalized spacial score (nSPS) is 19.5. The second-order valence-corrected chi connectivity index (χ2v) is 8.37. The van der Waals surface area contributed by atoms with Crippen LogP contribution in [0.1, 0.15) is 55.0 Å². The van der Waals surface area contributed by atoms with Crippen molar-refractivity contribution in [3.8, 4) is 0 Å². The lowest BCUT2D eigenvalue weighted by Crippen LogP contribution is -2.26. The lowest BCUT2D eigenvalue weighted by atomic mass is 10.2. The van der Waals surface area contributed by atoms with Crippen LogP contribution in [-0.2, 0) is 6.54 Å². The highest BCUT2D eigenvalue weighted by Crippen LogP contribution is 2.47. The van der Waals surface area contributed by atoms with Crippen LogP contribution in [0.2, 0.25) is 0 Å². The summed E-state index contributed by atoms with van der Waals surface area (Å²) in [6.45, 7) is 6.90. The van der Waals surface area contributed by atoms with Gasteiger partial charge in [-0.1, -0.05) is 20.8 Å². The van der Waals surface area contributed by atoms with Gasteiger partial charge in [-0.15, -0.1) is 11.8 Å². The molecular weight excluding hydrogens is 320 g/mol. The summed E-state index contributed by atoms with van der Waals surface area (Å²) in [7, 11) is 1.81. The van der Waals surface area contributed by atoms with Crippen molar-refractivity contribution in [2.75, 3.05) is 7.05 Å². The molecule has 2 aromatic rings. The van der Waals surface area contributed by atoms with Crippen LogP contribution in [-0.4, -0.2) is 28.1 Å². The van der Waals surface area contributed by atoms with E-state index in [9.17, 15) is 4.79 Å². The van der Waals surface area contributed by atoms with E-state index in [0.29, 0.717) is 23.3 Å². The first kappa shape index (κ1) is 17.1. The first-order chi connectivity index (χ1) is 11.5. The number of amides is 1. The molecular formula is C19H24N2O2S. The van der Waals surface area contributed by atoms with Crippen molar-refractivity contribution in [2.24, 2.45) is 5.92 Å². The van der Waals surface area contributed by atoms with Crippen molar-refractivity contribution in [1.82, 2.24) is 9.88 Å². The lowest BCUT2D eigenvalue weighted by molar-refractivity contribution is 0.0770. The summed E-state index contributed by atoms with van der Waals surface area (Å²) in [4.78, 5) is 18.8. The van der Waals surface area contributed by atoms with Crippen LogP contribution in [0.5, 0.6) is 0 Å². The number of hydrogen-bond donors (Lipinski definition) is 0. The second kappa shape index (κ2) is 7.01. The van der Waals surface area contributed by atoms with Gasteiger partial charge in [-0.3, -0.25) is 4.79 Å². The highest BCUT2D eigenvalue weighted by atomic mass is 32.2. The maximum atomic E-state index is 12.8. The van der Waals surface area contributed by atoms with Gasteiger partial charge >= 0.3 is 0 Å². The van der Waals surface area contributed by atoms with Crippen LogP contribution in [0.15, 0.2) is 39.9 Å². The molecule has 5 heteroatoms. The van der Waals surface area contributed by atoms with Crippen molar-refractivity contribution in [1.29, 1.82) is 0 Å². The Morgan fingerprint density at radius 1 is 1.42 bits per heavy atom. The predicted molar refractivity (Wildman–Crippen MR) is 96.3 cm³/mol. The molecule has 2 aromatic heterocycles. The van der Waals surface area contributed by atoms with E-state index in [1.807, 2.05) is 24.3 Å². The van der Waals surface area contributed by atoms with Crippen molar-refractivity contribution in [2.45, 2.75) is 49.9 Å². The minimum atomic E-state index is -0.0241. The Kier molecular flexibility index (Phi) is 4.99. The summed E-state index contributed by atoms with van der Waals surface area (Å²) in [5.41, 5.74) is 0.654. The summed E-state index contributed by atoms with van der Waals surface area (Å²) in [6.07, 6.45) is 2.93. The molecule has 24 heavy (non-hydrogen) atoms. The smallest absolute Gasteiger partial charge is 0.256 e. The number of furan rings is 1. The maximum Gasteiger partial charge on any atom is 0.256 e. The minimum Gasteiger partial charge on any atom is -0.464 e. The third kappa shape index (κ3) is 3.83. The highest BCUT2D eigenvalue weighted by Gasteiger charge is 2.36. The molecule has 1 aliphatic rings. The third-order valence-electron chi connectivity index (χ3n) is 4.25. The zero-order chi connectivity index (χ0) is 17.3. The van der Waals surface area contributed by atoms with E-state index in [0.717, 1.165) is 22.5 Å². The molecule has 0 spiro atoms. The van der Waals surface area contributed by atoms with Crippen molar-refractivity contribution < 1.29 is 9.21 Å². The number of aromatic nitrogens is 1. The van der Waals surface area contributed by atoms with Crippen LogP contribution in [0.3, 0.4) is 0 Å². The first-order valence-electron chi connectivity index (χ1n) is 8.41. The fraction of sp³-hybridized carbons (Fsp3) is 0.474. The van der Waals surface area contributed by atoms with Crippen molar-refractivity contribution >= 4 is 17.7 Å². The second-order valence-electron chi connectivity index (χ2n) is 6.81. The zero-order valence-electron chi connectivity index (χ0n) is 14.7. The molecule has 1 saturated carbocycles. The van der Waals surface area contributed by atoms with Gasteiger partial charge in [0.2, 0.25) is 0 Å². The van der Waals surface area contributed by atoms with Gasteiger partial charge in [-0.2, -0.15) is 0 Å². The van der Waals surface area contributed by atoms with Crippen LogP contribution in [0.25, 0.3) is 0 Å². The summed E-state index contributed by atoms with van der Waals surface area (Å²) in [6, 6.07) is 7.68. The minimum absolute atomic E-state index is 0.0241. The SMILES string of the molecule is CC(C)Sc1ncccc1C(=O)N(C)Cc1ccc(C2CC2C)o1. The van der Waals surface area contributed by atoms with E-state index in [4.69, 9.17) is 4.42 Å². The average Bonchev–Trinajstić information content (AvgIpc) is 3.08. The molecule has 0 radical (unpaired) electrons. The fourth-order valence-corrected chi connectivity index (χ4v) is 3.63. The number of carbonyl (C=O) groups excluding carboxylic acids is 1. The molecule has 0 bridgehead atoms. The van der Waals surface area contributed by atoms with Crippen LogP contribution in [0.4, 0.5) is 0 Å². The van der Waals surface area contributed by atoms with Gasteiger partial charge in [0.05, 0.1) is 12.1 Å². The van der Waals surface area contributed by atoms with Gasteiger partial charge < -0.3 is 9.32 Å². The zero-order valence-corrected chi connectivity index (χ0v) is 15.5. The standard InChI is InChI=1S/C19H24N2O2S/c1-12(2)24-18-15(6-5-9-20-18)19(22)21(4)11-14-7-8-17(23-14)16-10-13(16)3/h5-9,12-13,16H,10-11H2,1-4H3. The van der Waals surface area contributed by atoms with E-state index in [1.165, 1.54) is 6.42 Å². The number of rotatable bonds is 6. The molecule has 128 valence electrons. The van der Waals surface area contributed by atoms with Crippen molar-refractivity contribution in [3.63, 3.8) is 0 Å². The molecule has 2 unspecified atom stereocenters. The van der Waals surface area contributed by atoms with Gasteiger partial charge in [-0.25, -0.2) is 4.98 Å². The first-order valence-corrected chi connectivity index (χ1v) is 9.29. The summed E-state index contributed by atoms with van der Waals surface area (Å²) in [5.74, 6) is 3.14. The average molecular weight is 344 g/mol. The van der Waals surface area contributed by atoms with Gasteiger partial charge in [0.25, 0.3) is 5.91 Å². The number of carbonyl (C=O) groups is 1. The van der Waals surface area contributed by atoms with E-state index in [1.54, 1.807) is 29.9 Å². The fourth-order valence-electron chi connectivity index (χ4n) is 2.78. The van der Waals surface area contributed by atoms with Crippen LogP contribution in [0, 0.1) is 5.92 Å². The number of pyridine rings is 1. The molecule has 1 amide bonds. The quantitative estimate of drug-likeness (QED) is 0.720. The molecule has 1 fully saturated rings. The van der Waals surface area contributed by atoms with E-state index < -0.39 is 0 Å². The van der Waals surface area contributed by atoms with Crippen molar-refractivity contribution in [3.05, 3.63) is 47.5 Å². The summed E-state index contributed by atoms with van der Waals surface area (Å²) in [5, 5.41) is 1.17. The predicted octanol–water partition coefficient (Wildman–Crippen LogP) is 4.57. The highest BCUT2D eigenvalue weighted by molar-refractivity contribution is 7.99. The van der Waals surface area contributed by atoms with E-state index in [2.05, 4.69) is 25.8 Å². The molecule has 4 nitrogen and oxygen atoms in total. The van der Waals surface area contributed by atoms with Crippen LogP contribution < -0.4 is 0 Å². The number of thioether (sulfide) groups is 1. The number of nitrogens with zero attached hydrogens (tertiary/aromatic N) is 2. The Bertz CT molecular complexity index is 726. The molecule has 0 N–H and O–H groups in total. The van der Waals surface area contributed by atoms with Gasteiger partial charge in [0, 0.05) is 24.4 Å². The Morgan fingerprint density at radius 2 is 2.17 bits per heavy atom. The Labute approximate surface area is 147 Å². The molecule has 0 aliphatic heterocycles. The molecule has 3 rings (SSSR count). The Balaban J connectivity index is 1.69. The van der Waals surface area contributed by atoms with Gasteiger partial charge in [0.15, 0.2) is 0 Å². The molecule has 0 saturated heterocycles. The topological polar surface area (TPSA) is 46.3 Å². The van der Waals surface area contributed by atoms with Gasteiger partial charge in [-0.05, 0) is 36.6 Å². The van der Waals surface area contributed by atoms with Crippen LogP contribution >= 0.6 is 11.8 Å².